The number of aryl methyl sites for hydroxylation is 1. The Balaban J connectivity index is 1.10. The molecule has 4 N–H and O–H groups in total. The molecule has 3 aromatic rings. The highest BCUT2D eigenvalue weighted by atomic mass is 32.2. The van der Waals surface area contributed by atoms with Crippen LogP contribution in [-0.4, -0.2) is 98.4 Å². The summed E-state index contributed by atoms with van der Waals surface area (Å²) in [6, 6.07) is 7.45. The lowest BCUT2D eigenvalue weighted by atomic mass is 9.88. The largest absolute Gasteiger partial charge is 0.491 e. The van der Waals surface area contributed by atoms with Crippen LogP contribution in [0.4, 0.5) is 0 Å². The number of hydrogen-bond donors (Lipinski definition) is 4. The Bertz CT molecular complexity index is 1680. The first-order valence-electron chi connectivity index (χ1n) is 13.2. The lowest BCUT2D eigenvalue weighted by Gasteiger charge is -2.38. The minimum atomic E-state index is -3.80. The molecule has 1 aromatic carbocycles. The minimum absolute atomic E-state index is 0.0154. The van der Waals surface area contributed by atoms with Gasteiger partial charge in [0.25, 0.3) is 0 Å². The normalized spacial score (nSPS) is 20.5. The van der Waals surface area contributed by atoms with E-state index in [4.69, 9.17) is 9.47 Å². The second kappa shape index (κ2) is 11.4. The molecule has 16 heteroatoms. The van der Waals surface area contributed by atoms with Crippen molar-refractivity contribution in [1.82, 2.24) is 28.9 Å². The van der Waals surface area contributed by atoms with Crippen LogP contribution in [-0.2, 0) is 31.8 Å². The molecule has 4 heterocycles. The third-order valence-corrected chi connectivity index (χ3v) is 10.9. The van der Waals surface area contributed by atoms with Gasteiger partial charge in [0.15, 0.2) is 5.65 Å². The molecule has 0 unspecified atom stereocenters. The number of aliphatic hydroxyl groups excluding tert-OH is 1. The summed E-state index contributed by atoms with van der Waals surface area (Å²) >= 11 is 0. The van der Waals surface area contributed by atoms with Gasteiger partial charge in [-0.15, -0.1) is 0 Å². The molecule has 0 aliphatic carbocycles. The molecule has 2 aromatic heterocycles. The van der Waals surface area contributed by atoms with Crippen molar-refractivity contribution in [3.8, 4) is 5.75 Å². The van der Waals surface area contributed by atoms with Crippen molar-refractivity contribution < 1.29 is 31.4 Å². The van der Waals surface area contributed by atoms with E-state index in [-0.39, 0.29) is 47.8 Å². The zero-order valence-corrected chi connectivity index (χ0v) is 24.4. The standard InChI is InChI=1S/C25H34N6O8S2/c1-26-40(34,35)20-5-3-4-19(10-20)38-16-18(32)13-27-17-12-25(39-15-17)6-8-31(9-7-25)41(36,37)21-11-22-23(28-14-21)30(2)24(33)29-22/h3-5,10-11,14,17-18,26-27,32H,6-9,12-13,15-16H2,1-2H3,(H,29,33)/t17-,18+/m1/s1. The van der Waals surface area contributed by atoms with Crippen molar-refractivity contribution in [3.05, 3.63) is 47.0 Å². The van der Waals surface area contributed by atoms with Crippen LogP contribution in [0.3, 0.4) is 0 Å². The number of nitrogens with one attached hydrogen (secondary N) is 3. The average molecular weight is 611 g/mol. The van der Waals surface area contributed by atoms with Gasteiger partial charge in [-0.2, -0.15) is 4.31 Å². The summed E-state index contributed by atoms with van der Waals surface area (Å²) in [7, 11) is -4.50. The summed E-state index contributed by atoms with van der Waals surface area (Å²) in [6.45, 7) is 1.23. The van der Waals surface area contributed by atoms with E-state index in [0.717, 1.165) is 0 Å². The zero-order chi connectivity index (χ0) is 29.4. The minimum Gasteiger partial charge on any atom is -0.491 e. The van der Waals surface area contributed by atoms with E-state index in [2.05, 4.69) is 20.0 Å². The summed E-state index contributed by atoms with van der Waals surface area (Å²) in [5.41, 5.74) is -0.0635. The predicted octanol–water partition coefficient (Wildman–Crippen LogP) is -0.489. The average Bonchev–Trinajstić information content (AvgIpc) is 3.49. The number of imidazole rings is 1. The van der Waals surface area contributed by atoms with Crippen LogP contribution in [0, 0.1) is 0 Å². The number of benzene rings is 1. The van der Waals surface area contributed by atoms with E-state index in [1.54, 1.807) is 19.2 Å². The Morgan fingerprint density at radius 2 is 1.98 bits per heavy atom. The van der Waals surface area contributed by atoms with Crippen LogP contribution >= 0.6 is 0 Å². The molecule has 0 saturated carbocycles. The molecule has 14 nitrogen and oxygen atoms in total. The second-order valence-corrected chi connectivity index (χ2v) is 14.2. The summed E-state index contributed by atoms with van der Waals surface area (Å²) in [4.78, 5) is 18.7. The molecule has 224 valence electrons. The highest BCUT2D eigenvalue weighted by Gasteiger charge is 2.44. The molecule has 2 atom stereocenters. The van der Waals surface area contributed by atoms with Gasteiger partial charge in [-0.05, 0) is 44.5 Å². The van der Waals surface area contributed by atoms with Crippen LogP contribution < -0.4 is 20.5 Å². The topological polar surface area (TPSA) is 185 Å². The number of sulfonamides is 2. The summed E-state index contributed by atoms with van der Waals surface area (Å²) < 4.78 is 67.2. The fourth-order valence-corrected chi connectivity index (χ4v) is 7.42. The van der Waals surface area contributed by atoms with Crippen LogP contribution in [0.15, 0.2) is 51.1 Å². The number of rotatable bonds is 10. The Labute approximate surface area is 237 Å². The second-order valence-electron chi connectivity index (χ2n) is 10.4. The first-order valence-corrected chi connectivity index (χ1v) is 16.1. The van der Waals surface area contributed by atoms with Crippen molar-refractivity contribution >= 4 is 31.2 Å². The number of pyridine rings is 1. The van der Waals surface area contributed by atoms with E-state index in [9.17, 15) is 26.7 Å². The summed E-state index contributed by atoms with van der Waals surface area (Å²) in [6.07, 6.45) is 2.17. The Morgan fingerprint density at radius 3 is 2.71 bits per heavy atom. The van der Waals surface area contributed by atoms with Gasteiger partial charge < -0.3 is 24.9 Å². The van der Waals surface area contributed by atoms with Gasteiger partial charge in [-0.1, -0.05) is 6.07 Å². The fraction of sp³-hybridized carbons (Fsp3) is 0.520. The number of aliphatic hydroxyl groups is 1. The number of hydrogen-bond acceptors (Lipinski definition) is 10. The molecule has 2 aliphatic heterocycles. The van der Waals surface area contributed by atoms with Crippen LogP contribution in [0.2, 0.25) is 0 Å². The summed E-state index contributed by atoms with van der Waals surface area (Å²) in [5.74, 6) is 0.331. The van der Waals surface area contributed by atoms with Crippen molar-refractivity contribution in [1.29, 1.82) is 0 Å². The molecule has 2 aliphatic rings. The first-order chi connectivity index (χ1) is 19.4. The Morgan fingerprint density at radius 1 is 1.22 bits per heavy atom. The molecule has 2 fully saturated rings. The molecular formula is C25H34N6O8S2. The molecule has 41 heavy (non-hydrogen) atoms. The van der Waals surface area contributed by atoms with Crippen molar-refractivity contribution in [3.63, 3.8) is 0 Å². The number of H-pyrrole nitrogens is 1. The third kappa shape index (κ3) is 6.18. The highest BCUT2D eigenvalue weighted by Crippen LogP contribution is 2.37. The monoisotopic (exact) mass is 610 g/mol. The molecule has 0 bridgehead atoms. The van der Waals surface area contributed by atoms with Crippen LogP contribution in [0.25, 0.3) is 11.2 Å². The van der Waals surface area contributed by atoms with E-state index in [1.807, 2.05) is 0 Å². The van der Waals surface area contributed by atoms with E-state index < -0.39 is 31.8 Å². The van der Waals surface area contributed by atoms with Crippen molar-refractivity contribution in [2.24, 2.45) is 7.05 Å². The van der Waals surface area contributed by atoms with Gasteiger partial charge in [0.05, 0.1) is 22.6 Å². The quantitative estimate of drug-likeness (QED) is 0.234. The lowest BCUT2D eigenvalue weighted by molar-refractivity contribution is -0.0312. The molecule has 0 radical (unpaired) electrons. The highest BCUT2D eigenvalue weighted by molar-refractivity contribution is 7.89. The third-order valence-electron chi connectivity index (χ3n) is 7.66. The smallest absolute Gasteiger partial charge is 0.327 e. The fourth-order valence-electron chi connectivity index (χ4n) is 5.24. The SMILES string of the molecule is CNS(=O)(=O)c1cccc(OC[C@@H](O)CN[C@H]2COC3(CCN(S(=O)(=O)c4cnc5c(c4)[nH]c(=O)n5C)CC3)C2)c1. The molecule has 1 spiro atoms. The van der Waals surface area contributed by atoms with Gasteiger partial charge in [-0.3, -0.25) is 4.57 Å². The molecule has 0 amide bonds. The van der Waals surface area contributed by atoms with Gasteiger partial charge in [0.2, 0.25) is 20.0 Å². The Hall–Kier alpha value is -2.86. The summed E-state index contributed by atoms with van der Waals surface area (Å²) in [5, 5.41) is 13.7. The molecule has 2 saturated heterocycles. The van der Waals surface area contributed by atoms with Crippen molar-refractivity contribution in [2.45, 2.75) is 46.8 Å². The van der Waals surface area contributed by atoms with Gasteiger partial charge >= 0.3 is 5.69 Å². The molecular weight excluding hydrogens is 576 g/mol. The first kappa shape index (κ1) is 29.6. The van der Waals surface area contributed by atoms with Gasteiger partial charge in [-0.25, -0.2) is 31.3 Å². The van der Waals surface area contributed by atoms with Gasteiger partial charge in [0.1, 0.15) is 23.4 Å². The predicted molar refractivity (Wildman–Crippen MR) is 149 cm³/mol. The van der Waals surface area contributed by atoms with Crippen molar-refractivity contribution in [2.75, 3.05) is 39.9 Å². The number of piperidine rings is 1. The number of aromatic nitrogens is 3. The van der Waals surface area contributed by atoms with Crippen LogP contribution in [0.5, 0.6) is 5.75 Å². The van der Waals surface area contributed by atoms with E-state index in [1.165, 1.54) is 40.3 Å². The maximum absolute atomic E-state index is 13.3. The number of nitrogens with zero attached hydrogens (tertiary/aromatic N) is 3. The lowest BCUT2D eigenvalue weighted by Crippen LogP contribution is -2.47. The van der Waals surface area contributed by atoms with Gasteiger partial charge in [0, 0.05) is 45.0 Å². The van der Waals surface area contributed by atoms with E-state index in [0.29, 0.717) is 42.8 Å². The molecule has 5 rings (SSSR count). The van der Waals surface area contributed by atoms with Crippen LogP contribution in [0.1, 0.15) is 19.3 Å². The maximum Gasteiger partial charge on any atom is 0.327 e. The number of fused-ring (bicyclic) bond motifs is 1. The number of aromatic amines is 1. The van der Waals surface area contributed by atoms with E-state index >= 15 is 0 Å². The number of ether oxygens (including phenoxy) is 2. The Kier molecular flexibility index (Phi) is 8.26. The zero-order valence-electron chi connectivity index (χ0n) is 22.7. The maximum atomic E-state index is 13.3.